The van der Waals surface area contributed by atoms with Crippen LogP contribution in [0.25, 0.3) is 0 Å². The van der Waals surface area contributed by atoms with Gasteiger partial charge in [-0.15, -0.1) is 0 Å². The van der Waals surface area contributed by atoms with Crippen molar-refractivity contribution < 1.29 is 17.7 Å². The molecule has 0 rings (SSSR count). The van der Waals surface area contributed by atoms with Crippen LogP contribution in [0.1, 0.15) is 27.7 Å². The highest BCUT2D eigenvalue weighted by Crippen LogP contribution is 2.15. The summed E-state index contributed by atoms with van der Waals surface area (Å²) in [5.41, 5.74) is -0.480. The van der Waals surface area contributed by atoms with Gasteiger partial charge < -0.3 is 17.7 Å². The molecular weight excluding hydrogens is 224 g/mol. The van der Waals surface area contributed by atoms with E-state index in [4.69, 9.17) is 29.3 Å². The van der Waals surface area contributed by atoms with E-state index in [2.05, 4.69) is 0 Å². The summed E-state index contributed by atoms with van der Waals surface area (Å²) in [5, 5.41) is 0. The molecular formula is C8H19ClO4Si. The molecule has 0 aliphatic heterocycles. The van der Waals surface area contributed by atoms with E-state index in [1.165, 1.54) is 0 Å². The van der Waals surface area contributed by atoms with Crippen LogP contribution in [0, 0.1) is 0 Å². The highest BCUT2D eigenvalue weighted by atomic mass is 35.5. The smallest absolute Gasteiger partial charge is 0.351 e. The fourth-order valence-corrected chi connectivity index (χ4v) is 3.20. The number of alkyl halides is 1. The van der Waals surface area contributed by atoms with Crippen molar-refractivity contribution in [1.82, 2.24) is 0 Å². The first-order valence-corrected chi connectivity index (χ1v) is 6.90. The first-order valence-electron chi connectivity index (χ1n) is 4.84. The SMILES string of the molecule is CCO[Si](OCC)(OCC)OC(C)Cl. The molecule has 4 nitrogen and oxygen atoms in total. The van der Waals surface area contributed by atoms with E-state index in [1.54, 1.807) is 6.92 Å². The van der Waals surface area contributed by atoms with Crippen molar-refractivity contribution in [3.8, 4) is 0 Å². The molecule has 14 heavy (non-hydrogen) atoms. The van der Waals surface area contributed by atoms with Gasteiger partial charge in [0.25, 0.3) is 0 Å². The number of rotatable bonds is 8. The Morgan fingerprint density at radius 3 is 1.57 bits per heavy atom. The van der Waals surface area contributed by atoms with E-state index < -0.39 is 14.6 Å². The first kappa shape index (κ1) is 14.3. The van der Waals surface area contributed by atoms with Crippen molar-refractivity contribution in [1.29, 1.82) is 0 Å². The van der Waals surface area contributed by atoms with E-state index in [0.29, 0.717) is 19.8 Å². The monoisotopic (exact) mass is 242 g/mol. The fourth-order valence-electron chi connectivity index (χ4n) is 0.956. The van der Waals surface area contributed by atoms with Crippen molar-refractivity contribution in [3.63, 3.8) is 0 Å². The van der Waals surface area contributed by atoms with E-state index in [1.807, 2.05) is 20.8 Å². The lowest BCUT2D eigenvalue weighted by molar-refractivity contribution is -0.0318. The Kier molecular flexibility index (Phi) is 7.80. The van der Waals surface area contributed by atoms with Gasteiger partial charge in [0.15, 0.2) is 0 Å². The van der Waals surface area contributed by atoms with Gasteiger partial charge >= 0.3 is 9.05 Å². The molecule has 1 atom stereocenters. The molecule has 0 aliphatic carbocycles. The maximum Gasteiger partial charge on any atom is 0.680 e. The van der Waals surface area contributed by atoms with Crippen LogP contribution in [-0.2, 0) is 17.7 Å². The summed E-state index contributed by atoms with van der Waals surface area (Å²) in [6.07, 6.45) is 0. The van der Waals surface area contributed by atoms with Crippen LogP contribution < -0.4 is 0 Å². The van der Waals surface area contributed by atoms with Crippen molar-refractivity contribution in [2.75, 3.05) is 19.8 Å². The minimum absolute atomic E-state index is 0.480. The highest BCUT2D eigenvalue weighted by Gasteiger charge is 2.46. The van der Waals surface area contributed by atoms with Gasteiger partial charge in [-0.05, 0) is 27.7 Å². The van der Waals surface area contributed by atoms with Crippen LogP contribution in [0.15, 0.2) is 0 Å². The van der Waals surface area contributed by atoms with Gasteiger partial charge in [0.2, 0.25) is 0 Å². The van der Waals surface area contributed by atoms with Crippen LogP contribution in [0.4, 0.5) is 0 Å². The summed E-state index contributed by atoms with van der Waals surface area (Å²) in [4.78, 5) is 0. The maximum absolute atomic E-state index is 5.74. The topological polar surface area (TPSA) is 36.9 Å². The lowest BCUT2D eigenvalue weighted by Gasteiger charge is -2.27. The summed E-state index contributed by atoms with van der Waals surface area (Å²) in [7, 11) is -2.99. The third-order valence-electron chi connectivity index (χ3n) is 1.27. The van der Waals surface area contributed by atoms with Crippen molar-refractivity contribution in [2.24, 2.45) is 0 Å². The maximum atomic E-state index is 5.74. The van der Waals surface area contributed by atoms with E-state index in [-0.39, 0.29) is 0 Å². The first-order chi connectivity index (χ1) is 6.60. The number of halogens is 1. The fraction of sp³-hybridized carbons (Fsp3) is 1.00. The van der Waals surface area contributed by atoms with Gasteiger partial charge in [0.05, 0.1) is 0 Å². The van der Waals surface area contributed by atoms with Gasteiger partial charge in [0.1, 0.15) is 5.56 Å². The molecule has 0 radical (unpaired) electrons. The molecule has 0 aromatic heterocycles. The molecule has 86 valence electrons. The summed E-state index contributed by atoms with van der Waals surface area (Å²) >= 11 is 5.74. The minimum atomic E-state index is -2.99. The average Bonchev–Trinajstić information content (AvgIpc) is 2.03. The zero-order valence-corrected chi connectivity index (χ0v) is 11.0. The van der Waals surface area contributed by atoms with Crippen LogP contribution in [0.5, 0.6) is 0 Å². The standard InChI is InChI=1S/C8H19ClO4Si/c1-5-10-14(11-6-2,12-7-3)13-8(4)9/h8H,5-7H2,1-4H3. The Labute approximate surface area is 91.9 Å². The van der Waals surface area contributed by atoms with Crippen molar-refractivity contribution >= 4 is 20.6 Å². The Bertz CT molecular complexity index is 128. The van der Waals surface area contributed by atoms with Crippen molar-refractivity contribution in [2.45, 2.75) is 33.3 Å². The summed E-state index contributed by atoms with van der Waals surface area (Å²) in [6.45, 7) is 8.74. The molecule has 0 amide bonds. The molecule has 0 heterocycles. The Balaban J connectivity index is 4.37. The lowest BCUT2D eigenvalue weighted by atomic mass is 10.9. The molecule has 0 saturated carbocycles. The molecule has 0 saturated heterocycles. The molecule has 0 spiro atoms. The zero-order chi connectivity index (χ0) is 11.0. The minimum Gasteiger partial charge on any atom is -0.351 e. The second kappa shape index (κ2) is 7.61. The third-order valence-corrected chi connectivity index (χ3v) is 4.08. The van der Waals surface area contributed by atoms with Gasteiger partial charge in [-0.3, -0.25) is 0 Å². The van der Waals surface area contributed by atoms with E-state index in [9.17, 15) is 0 Å². The summed E-state index contributed by atoms with van der Waals surface area (Å²) in [5.74, 6) is 0. The van der Waals surface area contributed by atoms with E-state index >= 15 is 0 Å². The predicted molar refractivity (Wildman–Crippen MR) is 57.0 cm³/mol. The Morgan fingerprint density at radius 1 is 1.00 bits per heavy atom. The summed E-state index contributed by atoms with van der Waals surface area (Å²) < 4.78 is 21.6. The van der Waals surface area contributed by atoms with E-state index in [0.717, 1.165) is 0 Å². The molecule has 1 unspecified atom stereocenters. The largest absolute Gasteiger partial charge is 0.680 e. The quantitative estimate of drug-likeness (QED) is 0.483. The molecule has 0 fully saturated rings. The van der Waals surface area contributed by atoms with Crippen LogP contribution >= 0.6 is 11.6 Å². The Hall–Kier alpha value is 0.347. The van der Waals surface area contributed by atoms with Crippen molar-refractivity contribution in [3.05, 3.63) is 0 Å². The third kappa shape index (κ3) is 5.28. The van der Waals surface area contributed by atoms with Gasteiger partial charge in [-0.2, -0.15) is 0 Å². The van der Waals surface area contributed by atoms with Gasteiger partial charge in [-0.25, -0.2) is 0 Å². The molecule has 0 aromatic rings. The van der Waals surface area contributed by atoms with Crippen LogP contribution in [0.2, 0.25) is 0 Å². The number of hydrogen-bond acceptors (Lipinski definition) is 4. The number of hydrogen-bond donors (Lipinski definition) is 0. The van der Waals surface area contributed by atoms with Crippen LogP contribution in [0.3, 0.4) is 0 Å². The van der Waals surface area contributed by atoms with Gasteiger partial charge in [-0.1, -0.05) is 11.6 Å². The predicted octanol–water partition coefficient (Wildman–Crippen LogP) is 2.13. The molecule has 0 aliphatic rings. The van der Waals surface area contributed by atoms with Crippen LogP contribution in [-0.4, -0.2) is 34.4 Å². The molecule has 0 N–H and O–H groups in total. The van der Waals surface area contributed by atoms with Gasteiger partial charge in [0, 0.05) is 19.8 Å². The zero-order valence-electron chi connectivity index (χ0n) is 9.21. The second-order valence-corrected chi connectivity index (χ2v) is 5.18. The molecule has 0 bridgehead atoms. The normalized spacial score (nSPS) is 14.4. The molecule has 6 heteroatoms. The summed E-state index contributed by atoms with van der Waals surface area (Å²) in [6, 6.07) is 0. The highest BCUT2D eigenvalue weighted by molar-refractivity contribution is 6.54. The lowest BCUT2D eigenvalue weighted by Crippen LogP contribution is -2.50. The second-order valence-electron chi connectivity index (χ2n) is 2.46. The average molecular weight is 243 g/mol. The molecule has 0 aromatic carbocycles. The Morgan fingerprint density at radius 2 is 1.36 bits per heavy atom.